The Morgan fingerprint density at radius 3 is 2.52 bits per heavy atom. The second-order valence-electron chi connectivity index (χ2n) is 6.68. The summed E-state index contributed by atoms with van der Waals surface area (Å²) in [5.41, 5.74) is 4.85. The van der Waals surface area contributed by atoms with Crippen molar-refractivity contribution in [2.75, 3.05) is 13.4 Å². The Hall–Kier alpha value is -3.21. The first-order valence-electron chi connectivity index (χ1n) is 8.84. The van der Waals surface area contributed by atoms with Gasteiger partial charge in [0.1, 0.15) is 5.75 Å². The molecule has 138 valence electrons. The molecule has 0 bridgehead atoms. The van der Waals surface area contributed by atoms with Gasteiger partial charge < -0.3 is 18.8 Å². The Kier molecular flexibility index (Phi) is 4.36. The molecule has 0 N–H and O–H groups in total. The van der Waals surface area contributed by atoms with Gasteiger partial charge in [-0.25, -0.2) is 0 Å². The molecule has 0 amide bonds. The van der Waals surface area contributed by atoms with E-state index in [0.29, 0.717) is 22.8 Å². The molecule has 0 atom stereocenters. The lowest BCUT2D eigenvalue weighted by Gasteiger charge is -2.10. The number of fused-ring (bicyclic) bond motifs is 1. The number of benzene rings is 2. The molecule has 1 aliphatic rings. The van der Waals surface area contributed by atoms with Gasteiger partial charge in [0.15, 0.2) is 18.1 Å². The molecule has 2 heterocycles. The molecule has 0 saturated carbocycles. The molecule has 27 heavy (non-hydrogen) atoms. The van der Waals surface area contributed by atoms with Gasteiger partial charge in [0.2, 0.25) is 12.6 Å². The number of aromatic nitrogens is 1. The van der Waals surface area contributed by atoms with Crippen molar-refractivity contribution in [3.63, 3.8) is 0 Å². The number of hydrogen-bond donors (Lipinski definition) is 0. The zero-order chi connectivity index (χ0) is 19.0. The zero-order valence-electron chi connectivity index (χ0n) is 15.6. The number of nitrogens with zero attached hydrogens (tertiary/aromatic N) is 1. The lowest BCUT2D eigenvalue weighted by molar-refractivity contribution is 0.0920. The monoisotopic (exact) mass is 363 g/mol. The molecule has 0 unspecified atom stereocenters. The minimum atomic E-state index is -0.0564. The summed E-state index contributed by atoms with van der Waals surface area (Å²) in [5.74, 6) is 1.85. The van der Waals surface area contributed by atoms with Crippen LogP contribution < -0.4 is 14.2 Å². The van der Waals surface area contributed by atoms with E-state index in [1.807, 2.05) is 19.9 Å². The molecule has 5 heteroatoms. The fourth-order valence-corrected chi connectivity index (χ4v) is 3.33. The standard InChI is InChI=1S/C22H21NO4/c1-14-4-6-17(7-5-14)23-15(2)10-19(16(23)3)20(24)12-25-18-8-9-21-22(11-18)27-13-26-21/h4-11H,12-13H2,1-3H3. The van der Waals surface area contributed by atoms with Crippen molar-refractivity contribution in [3.8, 4) is 22.9 Å². The molecular weight excluding hydrogens is 342 g/mol. The molecule has 5 nitrogen and oxygen atoms in total. The number of ether oxygens (including phenoxy) is 3. The SMILES string of the molecule is Cc1ccc(-n2c(C)cc(C(=O)COc3ccc4c(c3)OCO4)c2C)cc1. The Labute approximate surface area is 158 Å². The molecule has 0 aliphatic carbocycles. The minimum Gasteiger partial charge on any atom is -0.485 e. The molecule has 0 radical (unpaired) electrons. The number of carbonyl (C=O) groups is 1. The maximum absolute atomic E-state index is 12.7. The fraction of sp³-hybridized carbons (Fsp3) is 0.227. The van der Waals surface area contributed by atoms with E-state index in [9.17, 15) is 4.79 Å². The van der Waals surface area contributed by atoms with Crippen LogP contribution in [0.3, 0.4) is 0 Å². The second-order valence-corrected chi connectivity index (χ2v) is 6.68. The highest BCUT2D eigenvalue weighted by molar-refractivity contribution is 5.98. The van der Waals surface area contributed by atoms with Gasteiger partial charge in [0, 0.05) is 28.7 Å². The molecule has 1 aliphatic heterocycles. The van der Waals surface area contributed by atoms with Gasteiger partial charge in [-0.1, -0.05) is 17.7 Å². The average Bonchev–Trinajstić information content (AvgIpc) is 3.24. The average molecular weight is 363 g/mol. The van der Waals surface area contributed by atoms with Gasteiger partial charge in [0.05, 0.1) is 0 Å². The van der Waals surface area contributed by atoms with E-state index in [1.54, 1.807) is 18.2 Å². The summed E-state index contributed by atoms with van der Waals surface area (Å²) in [7, 11) is 0. The van der Waals surface area contributed by atoms with Crippen LogP contribution in [0.5, 0.6) is 17.2 Å². The summed E-state index contributed by atoms with van der Waals surface area (Å²) in [5, 5.41) is 0. The Morgan fingerprint density at radius 2 is 1.74 bits per heavy atom. The maximum Gasteiger partial charge on any atom is 0.231 e. The van der Waals surface area contributed by atoms with Gasteiger partial charge >= 0.3 is 0 Å². The summed E-state index contributed by atoms with van der Waals surface area (Å²) in [4.78, 5) is 12.7. The van der Waals surface area contributed by atoms with E-state index < -0.39 is 0 Å². The van der Waals surface area contributed by atoms with Crippen LogP contribution >= 0.6 is 0 Å². The summed E-state index contributed by atoms with van der Waals surface area (Å²) >= 11 is 0. The van der Waals surface area contributed by atoms with E-state index >= 15 is 0 Å². The largest absolute Gasteiger partial charge is 0.485 e. The molecule has 0 saturated heterocycles. The molecule has 3 aromatic rings. The van der Waals surface area contributed by atoms with Crippen LogP contribution in [0, 0.1) is 20.8 Å². The minimum absolute atomic E-state index is 0.0299. The number of rotatable bonds is 5. The summed E-state index contributed by atoms with van der Waals surface area (Å²) in [6, 6.07) is 15.5. The quantitative estimate of drug-likeness (QED) is 0.631. The third kappa shape index (κ3) is 3.28. The predicted octanol–water partition coefficient (Wildman–Crippen LogP) is 4.39. The van der Waals surface area contributed by atoms with Crippen LogP contribution in [0.15, 0.2) is 48.5 Å². The van der Waals surface area contributed by atoms with Gasteiger partial charge in [-0.15, -0.1) is 0 Å². The van der Waals surface area contributed by atoms with Crippen molar-refractivity contribution in [1.29, 1.82) is 0 Å². The second kappa shape index (κ2) is 6.83. The first kappa shape index (κ1) is 17.2. The van der Waals surface area contributed by atoms with Crippen LogP contribution in [0.2, 0.25) is 0 Å². The maximum atomic E-state index is 12.7. The highest BCUT2D eigenvalue weighted by atomic mass is 16.7. The first-order valence-corrected chi connectivity index (χ1v) is 8.84. The van der Waals surface area contributed by atoms with Crippen molar-refractivity contribution < 1.29 is 19.0 Å². The molecule has 0 spiro atoms. The number of ketones is 1. The van der Waals surface area contributed by atoms with Crippen molar-refractivity contribution >= 4 is 5.78 Å². The highest BCUT2D eigenvalue weighted by Crippen LogP contribution is 2.35. The third-order valence-electron chi connectivity index (χ3n) is 4.74. The lowest BCUT2D eigenvalue weighted by Crippen LogP contribution is -2.12. The Balaban J connectivity index is 1.52. The normalized spacial score (nSPS) is 12.3. The van der Waals surface area contributed by atoms with Crippen LogP contribution in [0.4, 0.5) is 0 Å². The number of aryl methyl sites for hydroxylation is 2. The Bertz CT molecular complexity index is 1000. The van der Waals surface area contributed by atoms with Crippen LogP contribution in [0.25, 0.3) is 5.69 Å². The molecule has 4 rings (SSSR count). The number of carbonyl (C=O) groups excluding carboxylic acids is 1. The number of Topliss-reactive ketones (excluding diaryl/α,β-unsaturated/α-hetero) is 1. The van der Waals surface area contributed by atoms with E-state index in [-0.39, 0.29) is 19.2 Å². The van der Waals surface area contributed by atoms with Crippen molar-refractivity contribution in [2.45, 2.75) is 20.8 Å². The molecule has 2 aromatic carbocycles. The summed E-state index contributed by atoms with van der Waals surface area (Å²) < 4.78 is 18.4. The van der Waals surface area contributed by atoms with Gasteiger partial charge in [0.25, 0.3) is 0 Å². The van der Waals surface area contributed by atoms with Crippen molar-refractivity contribution in [2.24, 2.45) is 0 Å². The fourth-order valence-electron chi connectivity index (χ4n) is 3.33. The zero-order valence-corrected chi connectivity index (χ0v) is 15.6. The van der Waals surface area contributed by atoms with E-state index in [0.717, 1.165) is 17.1 Å². The van der Waals surface area contributed by atoms with E-state index in [1.165, 1.54) is 5.56 Å². The third-order valence-corrected chi connectivity index (χ3v) is 4.74. The summed E-state index contributed by atoms with van der Waals surface area (Å²) in [6.07, 6.45) is 0. The van der Waals surface area contributed by atoms with Crippen molar-refractivity contribution in [3.05, 3.63) is 71.0 Å². The molecular formula is C22H21NO4. The van der Waals surface area contributed by atoms with Crippen LogP contribution in [-0.2, 0) is 0 Å². The highest BCUT2D eigenvalue weighted by Gasteiger charge is 2.18. The van der Waals surface area contributed by atoms with E-state index in [4.69, 9.17) is 14.2 Å². The summed E-state index contributed by atoms with van der Waals surface area (Å²) in [6.45, 7) is 6.20. The van der Waals surface area contributed by atoms with Crippen molar-refractivity contribution in [1.82, 2.24) is 4.57 Å². The van der Waals surface area contributed by atoms with E-state index in [2.05, 4.69) is 35.8 Å². The predicted molar refractivity (Wildman–Crippen MR) is 102 cm³/mol. The molecule has 0 fully saturated rings. The van der Waals surface area contributed by atoms with Gasteiger partial charge in [-0.3, -0.25) is 4.79 Å². The molecule has 1 aromatic heterocycles. The van der Waals surface area contributed by atoms with Crippen LogP contribution in [-0.4, -0.2) is 23.8 Å². The Morgan fingerprint density at radius 1 is 1.00 bits per heavy atom. The van der Waals surface area contributed by atoms with Crippen LogP contribution in [0.1, 0.15) is 27.3 Å². The van der Waals surface area contributed by atoms with Gasteiger partial charge in [-0.05, 0) is 51.1 Å². The first-order chi connectivity index (χ1) is 13.0. The smallest absolute Gasteiger partial charge is 0.231 e. The number of hydrogen-bond acceptors (Lipinski definition) is 4. The lowest BCUT2D eigenvalue weighted by atomic mass is 10.1. The topological polar surface area (TPSA) is 49.7 Å². The van der Waals surface area contributed by atoms with Gasteiger partial charge in [-0.2, -0.15) is 0 Å².